The van der Waals surface area contributed by atoms with Crippen molar-refractivity contribution in [1.29, 1.82) is 0 Å². The maximum Gasteiger partial charge on any atom is 0.395 e. The first kappa shape index (κ1) is 15.5. The molecule has 0 saturated carbocycles. The number of aromatic carboxylic acids is 1. The summed E-state index contributed by atoms with van der Waals surface area (Å²) in [7, 11) is 0. The molecule has 5 heteroatoms. The molecule has 1 rings (SSSR count). The van der Waals surface area contributed by atoms with Crippen LogP contribution in [0, 0.1) is 0 Å². The van der Waals surface area contributed by atoms with E-state index in [1.807, 2.05) is 13.8 Å². The zero-order valence-corrected chi connectivity index (χ0v) is 9.88. The molecule has 17 heavy (non-hydrogen) atoms. The molecule has 96 valence electrons. The highest BCUT2D eigenvalue weighted by Crippen LogP contribution is 2.34. The van der Waals surface area contributed by atoms with E-state index in [0.29, 0.717) is 0 Å². The van der Waals surface area contributed by atoms with Crippen LogP contribution in [0.4, 0.5) is 13.2 Å². The summed E-state index contributed by atoms with van der Waals surface area (Å²) in [5.74, 6) is -2.73. The minimum absolute atomic E-state index is 0.0203. The van der Waals surface area contributed by atoms with Gasteiger partial charge in [-0.3, -0.25) is 0 Å². The first-order valence-corrected chi connectivity index (χ1v) is 5.22. The fraction of sp³-hybridized carbons (Fsp3) is 0.417. The molecular weight excluding hydrogens is 233 g/mol. The van der Waals surface area contributed by atoms with E-state index in [4.69, 9.17) is 5.11 Å². The Morgan fingerprint density at radius 3 is 1.88 bits per heavy atom. The van der Waals surface area contributed by atoms with Gasteiger partial charge in [0.05, 0.1) is 11.5 Å². The van der Waals surface area contributed by atoms with Crippen molar-refractivity contribution in [1.82, 2.24) is 0 Å². The SMILES string of the molecule is CC.CC(c1ccc(C(=O)O)cc1)C(F)(F)F. The van der Waals surface area contributed by atoms with E-state index in [2.05, 4.69) is 0 Å². The molecule has 0 fully saturated rings. The highest BCUT2D eigenvalue weighted by atomic mass is 19.4. The molecule has 0 saturated heterocycles. The van der Waals surface area contributed by atoms with Crippen LogP contribution in [0.2, 0.25) is 0 Å². The number of hydrogen-bond acceptors (Lipinski definition) is 1. The second-order valence-corrected chi connectivity index (χ2v) is 3.19. The van der Waals surface area contributed by atoms with Crippen molar-refractivity contribution in [2.24, 2.45) is 0 Å². The molecular formula is C12H15F3O2. The molecule has 0 aromatic heterocycles. The fourth-order valence-electron chi connectivity index (χ4n) is 1.10. The standard InChI is InChI=1S/C10H9F3O2.C2H6/c1-6(10(11,12)13)7-2-4-8(5-3-7)9(14)15;1-2/h2-6H,1H3,(H,14,15);1-2H3. The predicted octanol–water partition coefficient (Wildman–Crippen LogP) is 4.08. The summed E-state index contributed by atoms with van der Waals surface area (Å²) in [5.41, 5.74) is 0.0422. The smallest absolute Gasteiger partial charge is 0.395 e. The predicted molar refractivity (Wildman–Crippen MR) is 59.2 cm³/mol. The normalized spacial score (nSPS) is 12.4. The average molecular weight is 248 g/mol. The Morgan fingerprint density at radius 1 is 1.18 bits per heavy atom. The minimum Gasteiger partial charge on any atom is -0.478 e. The van der Waals surface area contributed by atoms with Gasteiger partial charge in [-0.2, -0.15) is 13.2 Å². The molecule has 0 aliphatic rings. The van der Waals surface area contributed by atoms with Crippen molar-refractivity contribution >= 4 is 5.97 Å². The maximum atomic E-state index is 12.3. The van der Waals surface area contributed by atoms with Gasteiger partial charge in [-0.15, -0.1) is 0 Å². The van der Waals surface area contributed by atoms with E-state index in [-0.39, 0.29) is 11.1 Å². The summed E-state index contributed by atoms with van der Waals surface area (Å²) >= 11 is 0. The summed E-state index contributed by atoms with van der Waals surface area (Å²) in [6.07, 6.45) is -4.30. The third-order valence-corrected chi connectivity index (χ3v) is 2.15. The number of carboxylic acid groups (broad SMARTS) is 1. The van der Waals surface area contributed by atoms with Crippen molar-refractivity contribution in [3.8, 4) is 0 Å². The van der Waals surface area contributed by atoms with Gasteiger partial charge in [-0.05, 0) is 24.6 Å². The second kappa shape index (κ2) is 6.27. The molecule has 1 aromatic carbocycles. The van der Waals surface area contributed by atoms with Gasteiger partial charge < -0.3 is 5.11 Å². The summed E-state index contributed by atoms with van der Waals surface area (Å²) in [6.45, 7) is 5.04. The first-order valence-electron chi connectivity index (χ1n) is 5.22. The summed E-state index contributed by atoms with van der Waals surface area (Å²) in [5, 5.41) is 8.55. The molecule has 0 heterocycles. The van der Waals surface area contributed by atoms with Gasteiger partial charge in [-0.25, -0.2) is 4.79 Å². The van der Waals surface area contributed by atoms with Gasteiger partial charge in [0.25, 0.3) is 0 Å². The van der Waals surface area contributed by atoms with E-state index in [1.54, 1.807) is 0 Å². The van der Waals surface area contributed by atoms with Crippen LogP contribution in [0.5, 0.6) is 0 Å². The lowest BCUT2D eigenvalue weighted by Gasteiger charge is -2.15. The van der Waals surface area contributed by atoms with Gasteiger partial charge in [0, 0.05) is 0 Å². The lowest BCUT2D eigenvalue weighted by Crippen LogP contribution is -2.17. The number of benzene rings is 1. The molecule has 1 N–H and O–H groups in total. The third-order valence-electron chi connectivity index (χ3n) is 2.15. The van der Waals surface area contributed by atoms with Gasteiger partial charge in [0.15, 0.2) is 0 Å². The minimum atomic E-state index is -4.30. The van der Waals surface area contributed by atoms with Crippen LogP contribution in [0.3, 0.4) is 0 Å². The molecule has 2 nitrogen and oxygen atoms in total. The van der Waals surface area contributed by atoms with Gasteiger partial charge in [-0.1, -0.05) is 26.0 Å². The van der Waals surface area contributed by atoms with E-state index in [0.717, 1.165) is 6.92 Å². The third kappa shape index (κ3) is 4.46. The van der Waals surface area contributed by atoms with Crippen molar-refractivity contribution in [3.05, 3.63) is 35.4 Å². The lowest BCUT2D eigenvalue weighted by atomic mass is 9.99. The Morgan fingerprint density at radius 2 is 1.59 bits per heavy atom. The molecule has 0 aliphatic heterocycles. The number of rotatable bonds is 2. The van der Waals surface area contributed by atoms with Crippen LogP contribution in [0.15, 0.2) is 24.3 Å². The van der Waals surface area contributed by atoms with Crippen molar-refractivity contribution in [3.63, 3.8) is 0 Å². The summed E-state index contributed by atoms with van der Waals surface area (Å²) in [4.78, 5) is 10.5. The van der Waals surface area contributed by atoms with Crippen LogP contribution in [0.25, 0.3) is 0 Å². The number of halogens is 3. The van der Waals surface area contributed by atoms with Crippen molar-refractivity contribution in [2.45, 2.75) is 32.9 Å². The largest absolute Gasteiger partial charge is 0.478 e. The molecule has 1 atom stereocenters. The molecule has 0 amide bonds. The van der Waals surface area contributed by atoms with Crippen LogP contribution in [-0.2, 0) is 0 Å². The van der Waals surface area contributed by atoms with Crippen LogP contribution in [0.1, 0.15) is 42.6 Å². The molecule has 1 unspecified atom stereocenters. The highest BCUT2D eigenvalue weighted by Gasteiger charge is 2.36. The fourth-order valence-corrected chi connectivity index (χ4v) is 1.10. The zero-order valence-electron chi connectivity index (χ0n) is 9.88. The average Bonchev–Trinajstić information content (AvgIpc) is 2.29. The highest BCUT2D eigenvalue weighted by molar-refractivity contribution is 5.87. The molecule has 0 aliphatic carbocycles. The van der Waals surface area contributed by atoms with E-state index in [9.17, 15) is 18.0 Å². The lowest BCUT2D eigenvalue weighted by molar-refractivity contribution is -0.146. The van der Waals surface area contributed by atoms with Gasteiger partial charge in [0.2, 0.25) is 0 Å². The molecule has 0 spiro atoms. The van der Waals surface area contributed by atoms with Gasteiger partial charge >= 0.3 is 12.1 Å². The van der Waals surface area contributed by atoms with Gasteiger partial charge in [0.1, 0.15) is 0 Å². The molecule has 0 bridgehead atoms. The Balaban J connectivity index is 0.00000121. The van der Waals surface area contributed by atoms with E-state index < -0.39 is 18.1 Å². The van der Waals surface area contributed by atoms with Crippen molar-refractivity contribution < 1.29 is 23.1 Å². The summed E-state index contributed by atoms with van der Waals surface area (Å²) < 4.78 is 36.8. The Labute approximate surface area is 98.1 Å². The Hall–Kier alpha value is -1.52. The summed E-state index contributed by atoms with van der Waals surface area (Å²) in [6, 6.07) is 4.70. The molecule has 0 radical (unpaired) electrons. The number of carbonyl (C=O) groups is 1. The topological polar surface area (TPSA) is 37.3 Å². The number of hydrogen-bond donors (Lipinski definition) is 1. The zero-order chi connectivity index (χ0) is 13.6. The number of carboxylic acids is 1. The van der Waals surface area contributed by atoms with Crippen LogP contribution >= 0.6 is 0 Å². The van der Waals surface area contributed by atoms with Crippen LogP contribution < -0.4 is 0 Å². The van der Waals surface area contributed by atoms with E-state index >= 15 is 0 Å². The second-order valence-electron chi connectivity index (χ2n) is 3.19. The Kier molecular flexibility index (Phi) is 5.71. The maximum absolute atomic E-state index is 12.3. The molecule has 1 aromatic rings. The van der Waals surface area contributed by atoms with Crippen molar-refractivity contribution in [2.75, 3.05) is 0 Å². The van der Waals surface area contributed by atoms with Crippen LogP contribution in [-0.4, -0.2) is 17.3 Å². The Bertz CT molecular complexity index is 355. The monoisotopic (exact) mass is 248 g/mol. The first-order chi connectivity index (χ1) is 7.82. The quantitative estimate of drug-likeness (QED) is 0.856. The number of alkyl halides is 3. The van der Waals surface area contributed by atoms with E-state index in [1.165, 1.54) is 24.3 Å².